The SMILES string of the molecule is COc1ccc(CN2CCN(Cc3cc(F)ccc3F)CC2CCO)c(C)c1C. The standard InChI is InChI=1S/C23H30F2N2O2/c1-16-17(2)23(29-3)7-4-18(16)14-27-10-9-26(15-21(27)8-11-28)13-19-12-20(24)5-6-22(19)25/h4-7,12,21,28H,8-11,13-15H2,1-3H3. The number of aliphatic hydroxyl groups is 1. The lowest BCUT2D eigenvalue weighted by Gasteiger charge is -2.41. The molecule has 29 heavy (non-hydrogen) atoms. The zero-order chi connectivity index (χ0) is 21.0. The van der Waals surface area contributed by atoms with Crippen LogP contribution in [0, 0.1) is 25.5 Å². The van der Waals surface area contributed by atoms with Crippen LogP contribution >= 0.6 is 0 Å². The van der Waals surface area contributed by atoms with Crippen LogP contribution in [-0.4, -0.2) is 54.3 Å². The summed E-state index contributed by atoms with van der Waals surface area (Å²) in [5, 5.41) is 9.55. The number of hydrogen-bond acceptors (Lipinski definition) is 4. The van der Waals surface area contributed by atoms with Gasteiger partial charge in [-0.3, -0.25) is 9.80 Å². The van der Waals surface area contributed by atoms with E-state index in [-0.39, 0.29) is 18.5 Å². The Bertz CT molecular complexity index is 844. The molecule has 0 bridgehead atoms. The van der Waals surface area contributed by atoms with Gasteiger partial charge < -0.3 is 9.84 Å². The summed E-state index contributed by atoms with van der Waals surface area (Å²) in [6.45, 7) is 7.74. The molecular weight excluding hydrogens is 374 g/mol. The minimum absolute atomic E-state index is 0.101. The number of nitrogens with zero attached hydrogens (tertiary/aromatic N) is 2. The predicted molar refractivity (Wildman–Crippen MR) is 110 cm³/mol. The molecule has 0 radical (unpaired) electrons. The van der Waals surface area contributed by atoms with Crippen molar-refractivity contribution in [2.45, 2.75) is 39.4 Å². The van der Waals surface area contributed by atoms with Crippen molar-refractivity contribution < 1.29 is 18.6 Å². The quantitative estimate of drug-likeness (QED) is 0.764. The van der Waals surface area contributed by atoms with E-state index in [0.29, 0.717) is 25.1 Å². The molecule has 1 atom stereocenters. The normalized spacial score (nSPS) is 18.2. The van der Waals surface area contributed by atoms with E-state index in [1.165, 1.54) is 23.3 Å². The molecule has 2 aromatic carbocycles. The van der Waals surface area contributed by atoms with E-state index in [0.717, 1.165) is 37.0 Å². The van der Waals surface area contributed by atoms with E-state index in [1.54, 1.807) is 7.11 Å². The Kier molecular flexibility index (Phi) is 7.22. The molecule has 1 aliphatic rings. The van der Waals surface area contributed by atoms with E-state index >= 15 is 0 Å². The Hall–Kier alpha value is -2.02. The number of piperazine rings is 1. The van der Waals surface area contributed by atoms with Crippen molar-refractivity contribution >= 4 is 0 Å². The van der Waals surface area contributed by atoms with Crippen molar-refractivity contribution in [3.63, 3.8) is 0 Å². The summed E-state index contributed by atoms with van der Waals surface area (Å²) in [4.78, 5) is 4.52. The second-order valence-electron chi connectivity index (χ2n) is 7.78. The van der Waals surface area contributed by atoms with Crippen LogP contribution in [0.4, 0.5) is 8.78 Å². The van der Waals surface area contributed by atoms with E-state index in [2.05, 4.69) is 29.7 Å². The molecule has 1 unspecified atom stereocenters. The highest BCUT2D eigenvalue weighted by molar-refractivity contribution is 5.43. The lowest BCUT2D eigenvalue weighted by molar-refractivity contribution is 0.0493. The molecular formula is C23H30F2N2O2. The highest BCUT2D eigenvalue weighted by Gasteiger charge is 2.27. The molecule has 3 rings (SSSR count). The number of rotatable bonds is 7. The molecule has 1 aliphatic heterocycles. The minimum atomic E-state index is -0.419. The first-order valence-corrected chi connectivity index (χ1v) is 10.1. The summed E-state index contributed by atoms with van der Waals surface area (Å²) in [5.41, 5.74) is 3.99. The van der Waals surface area contributed by atoms with E-state index in [4.69, 9.17) is 4.74 Å². The van der Waals surface area contributed by atoms with Gasteiger partial charge in [-0.05, 0) is 61.2 Å². The summed E-state index contributed by atoms with van der Waals surface area (Å²) >= 11 is 0. The van der Waals surface area contributed by atoms with Crippen LogP contribution in [0.2, 0.25) is 0 Å². The Morgan fingerprint density at radius 2 is 1.83 bits per heavy atom. The van der Waals surface area contributed by atoms with Crippen LogP contribution in [-0.2, 0) is 13.1 Å². The Labute approximate surface area is 171 Å². The molecule has 0 spiro atoms. The van der Waals surface area contributed by atoms with Gasteiger partial charge in [0.15, 0.2) is 0 Å². The lowest BCUT2D eigenvalue weighted by Crippen LogP contribution is -2.52. The van der Waals surface area contributed by atoms with Crippen molar-refractivity contribution in [3.8, 4) is 5.75 Å². The minimum Gasteiger partial charge on any atom is -0.496 e. The molecule has 2 aromatic rings. The van der Waals surface area contributed by atoms with Gasteiger partial charge in [0, 0.05) is 50.9 Å². The molecule has 1 heterocycles. The Morgan fingerprint density at radius 1 is 1.03 bits per heavy atom. The second kappa shape index (κ2) is 9.65. The summed E-state index contributed by atoms with van der Waals surface area (Å²) in [7, 11) is 1.68. The highest BCUT2D eigenvalue weighted by atomic mass is 19.1. The first kappa shape index (κ1) is 21.7. The average molecular weight is 405 g/mol. The van der Waals surface area contributed by atoms with Crippen molar-refractivity contribution in [3.05, 3.63) is 64.2 Å². The van der Waals surface area contributed by atoms with Crippen LogP contribution < -0.4 is 4.74 Å². The summed E-state index contributed by atoms with van der Waals surface area (Å²) < 4.78 is 32.9. The van der Waals surface area contributed by atoms with Crippen molar-refractivity contribution in [1.29, 1.82) is 0 Å². The largest absolute Gasteiger partial charge is 0.496 e. The molecule has 0 saturated carbocycles. The van der Waals surface area contributed by atoms with E-state index < -0.39 is 5.82 Å². The molecule has 0 amide bonds. The van der Waals surface area contributed by atoms with Gasteiger partial charge >= 0.3 is 0 Å². The maximum Gasteiger partial charge on any atom is 0.127 e. The monoisotopic (exact) mass is 404 g/mol. The zero-order valence-electron chi connectivity index (χ0n) is 17.4. The highest BCUT2D eigenvalue weighted by Crippen LogP contribution is 2.26. The van der Waals surface area contributed by atoms with Gasteiger partial charge in [0.2, 0.25) is 0 Å². The first-order chi connectivity index (χ1) is 13.9. The van der Waals surface area contributed by atoms with E-state index in [9.17, 15) is 13.9 Å². The van der Waals surface area contributed by atoms with Gasteiger partial charge in [-0.1, -0.05) is 6.07 Å². The smallest absolute Gasteiger partial charge is 0.127 e. The number of hydrogen-bond donors (Lipinski definition) is 1. The molecule has 1 N–H and O–H groups in total. The third kappa shape index (κ3) is 5.13. The fourth-order valence-corrected chi connectivity index (χ4v) is 4.10. The Balaban J connectivity index is 1.71. The van der Waals surface area contributed by atoms with Crippen molar-refractivity contribution in [1.82, 2.24) is 9.80 Å². The van der Waals surface area contributed by atoms with Crippen LogP contribution in [0.5, 0.6) is 5.75 Å². The van der Waals surface area contributed by atoms with Crippen LogP contribution in [0.1, 0.15) is 28.7 Å². The van der Waals surface area contributed by atoms with Gasteiger partial charge in [-0.15, -0.1) is 0 Å². The van der Waals surface area contributed by atoms with Gasteiger partial charge in [0.05, 0.1) is 7.11 Å². The first-order valence-electron chi connectivity index (χ1n) is 10.1. The third-order valence-electron chi connectivity index (χ3n) is 6.00. The van der Waals surface area contributed by atoms with Crippen LogP contribution in [0.15, 0.2) is 30.3 Å². The number of ether oxygens (including phenoxy) is 1. The number of methoxy groups -OCH3 is 1. The average Bonchev–Trinajstić information content (AvgIpc) is 2.70. The summed E-state index contributed by atoms with van der Waals surface area (Å²) in [5.74, 6) is 0.0919. The molecule has 0 aromatic heterocycles. The summed E-state index contributed by atoms with van der Waals surface area (Å²) in [6, 6.07) is 7.86. The second-order valence-corrected chi connectivity index (χ2v) is 7.78. The number of benzene rings is 2. The summed E-state index contributed by atoms with van der Waals surface area (Å²) in [6.07, 6.45) is 0.649. The van der Waals surface area contributed by atoms with Gasteiger partial charge in [-0.2, -0.15) is 0 Å². The van der Waals surface area contributed by atoms with E-state index in [1.807, 2.05) is 6.07 Å². The number of aliphatic hydroxyl groups excluding tert-OH is 1. The molecule has 4 nitrogen and oxygen atoms in total. The van der Waals surface area contributed by atoms with Crippen LogP contribution in [0.3, 0.4) is 0 Å². The van der Waals surface area contributed by atoms with Crippen LogP contribution in [0.25, 0.3) is 0 Å². The predicted octanol–water partition coefficient (Wildman–Crippen LogP) is 3.66. The molecule has 158 valence electrons. The maximum atomic E-state index is 14.0. The third-order valence-corrected chi connectivity index (χ3v) is 6.00. The van der Waals surface area contributed by atoms with Crippen molar-refractivity contribution in [2.75, 3.05) is 33.4 Å². The van der Waals surface area contributed by atoms with Gasteiger partial charge in [0.1, 0.15) is 17.4 Å². The van der Waals surface area contributed by atoms with Gasteiger partial charge in [0.25, 0.3) is 0 Å². The fraction of sp³-hybridized carbons (Fsp3) is 0.478. The lowest BCUT2D eigenvalue weighted by atomic mass is 10.00. The molecule has 0 aliphatic carbocycles. The zero-order valence-corrected chi connectivity index (χ0v) is 17.4. The Morgan fingerprint density at radius 3 is 2.55 bits per heavy atom. The topological polar surface area (TPSA) is 35.9 Å². The fourth-order valence-electron chi connectivity index (χ4n) is 4.10. The van der Waals surface area contributed by atoms with Gasteiger partial charge in [-0.25, -0.2) is 8.78 Å². The molecule has 6 heteroatoms. The number of halogens is 2. The molecule has 1 saturated heterocycles. The maximum absolute atomic E-state index is 14.0. The van der Waals surface area contributed by atoms with Crippen molar-refractivity contribution in [2.24, 2.45) is 0 Å². The molecule has 1 fully saturated rings.